The predicted molar refractivity (Wildman–Crippen MR) is 101 cm³/mol. The van der Waals surface area contributed by atoms with Crippen molar-refractivity contribution in [2.24, 2.45) is 5.92 Å². The van der Waals surface area contributed by atoms with Gasteiger partial charge in [0.1, 0.15) is 0 Å². The minimum absolute atomic E-state index is 0.260. The summed E-state index contributed by atoms with van der Waals surface area (Å²) in [6, 6.07) is 16.6. The van der Waals surface area contributed by atoms with E-state index in [1.165, 1.54) is 18.1 Å². The van der Waals surface area contributed by atoms with Crippen molar-refractivity contribution in [1.29, 1.82) is 0 Å². The summed E-state index contributed by atoms with van der Waals surface area (Å²) in [6.07, 6.45) is 1.78. The first-order valence-corrected chi connectivity index (χ1v) is 8.77. The van der Waals surface area contributed by atoms with Crippen molar-refractivity contribution in [2.45, 2.75) is 11.8 Å². The Morgan fingerprint density at radius 3 is 2.44 bits per heavy atom. The lowest BCUT2D eigenvalue weighted by atomic mass is 9.62. The molecule has 0 fully saturated rings. The Kier molecular flexibility index (Phi) is 3.95. The van der Waals surface area contributed by atoms with E-state index in [4.69, 9.17) is 4.74 Å². The van der Waals surface area contributed by atoms with Crippen LogP contribution in [0.15, 0.2) is 60.7 Å². The van der Waals surface area contributed by atoms with Crippen molar-refractivity contribution in [1.82, 2.24) is 0 Å². The van der Waals surface area contributed by atoms with Gasteiger partial charge in [-0.05, 0) is 29.7 Å². The molecular weight excluding hydrogens is 342 g/mol. The van der Waals surface area contributed by atoms with Crippen LogP contribution in [0.25, 0.3) is 5.57 Å². The molecule has 0 unspecified atom stereocenters. The van der Waals surface area contributed by atoms with E-state index < -0.39 is 17.3 Å². The first kappa shape index (κ1) is 17.2. The van der Waals surface area contributed by atoms with Crippen molar-refractivity contribution in [3.63, 3.8) is 0 Å². The fourth-order valence-corrected chi connectivity index (χ4v) is 4.30. The quantitative estimate of drug-likeness (QED) is 0.609. The van der Waals surface area contributed by atoms with E-state index >= 15 is 0 Å². The van der Waals surface area contributed by atoms with Gasteiger partial charge in [0, 0.05) is 18.3 Å². The zero-order valence-corrected chi connectivity index (χ0v) is 15.1. The minimum atomic E-state index is -1.56. The van der Waals surface area contributed by atoms with Crippen LogP contribution in [0.3, 0.4) is 0 Å². The van der Waals surface area contributed by atoms with Gasteiger partial charge in [-0.2, -0.15) is 0 Å². The number of anilines is 1. The average Bonchev–Trinajstić information content (AvgIpc) is 2.93. The largest absolute Gasteiger partial charge is 0.469 e. The summed E-state index contributed by atoms with van der Waals surface area (Å²) >= 11 is 0. The molecule has 0 aromatic heterocycles. The third-order valence-electron chi connectivity index (χ3n) is 5.60. The Morgan fingerprint density at radius 1 is 1.07 bits per heavy atom. The molecule has 1 spiro atoms. The number of esters is 1. The number of carbonyl (C=O) groups is 3. The molecule has 2 aliphatic rings. The number of ketones is 1. The predicted octanol–water partition coefficient (Wildman–Crippen LogP) is 2.75. The van der Waals surface area contributed by atoms with Gasteiger partial charge in [0.25, 0.3) is 0 Å². The van der Waals surface area contributed by atoms with Crippen LogP contribution in [-0.2, 0) is 24.5 Å². The molecule has 1 aliphatic heterocycles. The normalized spacial score (nSPS) is 24.0. The van der Waals surface area contributed by atoms with Crippen LogP contribution in [0.2, 0.25) is 0 Å². The van der Waals surface area contributed by atoms with Crippen LogP contribution in [0.4, 0.5) is 5.69 Å². The van der Waals surface area contributed by atoms with Crippen LogP contribution in [0.1, 0.15) is 17.5 Å². The van der Waals surface area contributed by atoms with Crippen LogP contribution < -0.4 is 4.90 Å². The molecule has 0 bridgehead atoms. The molecule has 27 heavy (non-hydrogen) atoms. The van der Waals surface area contributed by atoms with Gasteiger partial charge in [0.2, 0.25) is 5.91 Å². The van der Waals surface area contributed by atoms with E-state index in [-0.39, 0.29) is 18.1 Å². The number of hydrogen-bond donors (Lipinski definition) is 0. The van der Waals surface area contributed by atoms with Gasteiger partial charge in [-0.25, -0.2) is 0 Å². The number of methoxy groups -OCH3 is 1. The van der Waals surface area contributed by atoms with Gasteiger partial charge in [-0.1, -0.05) is 48.5 Å². The van der Waals surface area contributed by atoms with E-state index in [9.17, 15) is 14.4 Å². The van der Waals surface area contributed by atoms with Crippen molar-refractivity contribution in [3.05, 3.63) is 71.8 Å². The van der Waals surface area contributed by atoms with Crippen molar-refractivity contribution < 1.29 is 19.1 Å². The second kappa shape index (κ2) is 6.20. The maximum Gasteiger partial charge on any atom is 0.310 e. The number of amides is 1. The molecule has 1 amide bonds. The maximum absolute atomic E-state index is 13.4. The van der Waals surface area contributed by atoms with Gasteiger partial charge < -0.3 is 9.64 Å². The van der Waals surface area contributed by atoms with E-state index in [1.807, 2.05) is 36.4 Å². The monoisotopic (exact) mass is 361 g/mol. The number of para-hydroxylation sites is 1. The van der Waals surface area contributed by atoms with Crippen LogP contribution in [-0.4, -0.2) is 31.8 Å². The average molecular weight is 361 g/mol. The number of carbonyl (C=O) groups excluding carboxylic acids is 3. The molecule has 1 heterocycles. The summed E-state index contributed by atoms with van der Waals surface area (Å²) in [6.45, 7) is 0. The third kappa shape index (κ3) is 2.28. The Hall–Kier alpha value is -3.21. The lowest BCUT2D eigenvalue weighted by Crippen LogP contribution is -2.54. The molecule has 2 atom stereocenters. The SMILES string of the molecule is COC(=O)[C@@H]1CC(c2ccccc2)=CC(=O)[C@@]12C(=O)N(C)c1ccccc12. The summed E-state index contributed by atoms with van der Waals surface area (Å²) < 4.78 is 5.02. The number of likely N-dealkylation sites (N-methyl/N-ethyl adjacent to an activating group) is 1. The number of rotatable bonds is 2. The molecule has 2 aromatic rings. The first-order chi connectivity index (χ1) is 13.0. The molecule has 4 rings (SSSR count). The van der Waals surface area contributed by atoms with Crippen molar-refractivity contribution in [2.75, 3.05) is 19.1 Å². The lowest BCUT2D eigenvalue weighted by Gasteiger charge is -2.36. The van der Waals surface area contributed by atoms with Gasteiger partial charge >= 0.3 is 5.97 Å². The van der Waals surface area contributed by atoms with Gasteiger partial charge in [0.05, 0.1) is 13.0 Å². The fraction of sp³-hybridized carbons (Fsp3) is 0.227. The molecular formula is C22H19NO4. The number of benzene rings is 2. The Morgan fingerprint density at radius 2 is 1.74 bits per heavy atom. The molecule has 1 aliphatic carbocycles. The van der Waals surface area contributed by atoms with E-state index in [2.05, 4.69) is 0 Å². The number of allylic oxidation sites excluding steroid dienone is 2. The smallest absolute Gasteiger partial charge is 0.310 e. The highest BCUT2D eigenvalue weighted by Crippen LogP contribution is 2.51. The highest BCUT2D eigenvalue weighted by molar-refractivity contribution is 6.28. The van der Waals surface area contributed by atoms with Crippen LogP contribution >= 0.6 is 0 Å². The fourth-order valence-electron chi connectivity index (χ4n) is 4.30. The molecule has 0 saturated heterocycles. The van der Waals surface area contributed by atoms with Crippen molar-refractivity contribution >= 4 is 28.9 Å². The molecule has 0 saturated carbocycles. The summed E-state index contributed by atoms with van der Waals surface area (Å²) in [5, 5.41) is 0. The summed E-state index contributed by atoms with van der Waals surface area (Å²) in [4.78, 5) is 40.9. The summed E-state index contributed by atoms with van der Waals surface area (Å²) in [7, 11) is 2.92. The second-order valence-corrected chi connectivity index (χ2v) is 6.87. The van der Waals surface area contributed by atoms with Gasteiger partial charge in [-0.3, -0.25) is 14.4 Å². The Labute approximate surface area is 157 Å². The molecule has 2 aromatic carbocycles. The summed E-state index contributed by atoms with van der Waals surface area (Å²) in [5.41, 5.74) is 1.27. The van der Waals surface area contributed by atoms with E-state index in [1.54, 1.807) is 25.2 Å². The lowest BCUT2D eigenvalue weighted by molar-refractivity contribution is -0.154. The zero-order chi connectivity index (χ0) is 19.2. The topological polar surface area (TPSA) is 63.7 Å². The molecule has 136 valence electrons. The highest BCUT2D eigenvalue weighted by Gasteiger charge is 2.63. The zero-order valence-electron chi connectivity index (χ0n) is 15.1. The molecule has 5 nitrogen and oxygen atoms in total. The second-order valence-electron chi connectivity index (χ2n) is 6.87. The van der Waals surface area contributed by atoms with Crippen molar-refractivity contribution in [3.8, 4) is 0 Å². The molecule has 5 heteroatoms. The Bertz CT molecular complexity index is 979. The third-order valence-corrected chi connectivity index (χ3v) is 5.60. The van der Waals surface area contributed by atoms with Gasteiger partial charge in [-0.15, -0.1) is 0 Å². The minimum Gasteiger partial charge on any atom is -0.469 e. The molecule has 0 radical (unpaired) electrons. The number of fused-ring (bicyclic) bond motifs is 2. The Balaban J connectivity index is 1.95. The van der Waals surface area contributed by atoms with E-state index in [0.29, 0.717) is 11.3 Å². The van der Waals surface area contributed by atoms with Crippen LogP contribution in [0, 0.1) is 5.92 Å². The molecule has 0 N–H and O–H groups in total. The first-order valence-electron chi connectivity index (χ1n) is 8.77. The summed E-state index contributed by atoms with van der Waals surface area (Å²) in [5.74, 6) is -2.21. The number of ether oxygens (including phenoxy) is 1. The van der Waals surface area contributed by atoms with E-state index in [0.717, 1.165) is 11.1 Å². The highest BCUT2D eigenvalue weighted by atomic mass is 16.5. The number of hydrogen-bond acceptors (Lipinski definition) is 4. The maximum atomic E-state index is 13.4. The van der Waals surface area contributed by atoms with Crippen LogP contribution in [0.5, 0.6) is 0 Å². The van der Waals surface area contributed by atoms with Gasteiger partial charge in [0.15, 0.2) is 11.2 Å². The number of nitrogens with zero attached hydrogens (tertiary/aromatic N) is 1. The standard InChI is InChI=1S/C22H19NO4/c1-23-18-11-7-6-10-16(18)22(21(23)26)17(20(25)27-2)12-15(13-19(22)24)14-8-4-3-5-9-14/h3-11,13,17H,12H2,1-2H3/t17-,22-/m0/s1.